The Hall–Kier alpha value is -3.89. The van der Waals surface area contributed by atoms with Crippen LogP contribution >= 0.6 is 0 Å². The molecule has 9 heteroatoms. The Balaban J connectivity index is 1.42. The van der Waals surface area contributed by atoms with Crippen molar-refractivity contribution in [2.75, 3.05) is 0 Å². The lowest BCUT2D eigenvalue weighted by molar-refractivity contribution is -0.288. The van der Waals surface area contributed by atoms with Gasteiger partial charge in [-0.2, -0.15) is 0 Å². The van der Waals surface area contributed by atoms with E-state index in [-0.39, 0.29) is 12.4 Å². The molecule has 0 saturated carbocycles. The van der Waals surface area contributed by atoms with Crippen LogP contribution in [0.4, 0.5) is 0 Å². The fourth-order valence-corrected chi connectivity index (χ4v) is 4.01. The zero-order valence-corrected chi connectivity index (χ0v) is 20.5. The SMILES string of the molecule is C[C@@H](C(=O)O[C@@H]1O[C@@H](C(=O)OCc2ccccc2)[C@@H](O)[C@H](O)[C@@H]1O)c1cccc(C(=O)c2ccccc2)c1. The van der Waals surface area contributed by atoms with Gasteiger partial charge in [-0.05, 0) is 24.1 Å². The van der Waals surface area contributed by atoms with Gasteiger partial charge in [0.1, 0.15) is 24.9 Å². The zero-order chi connectivity index (χ0) is 27.2. The van der Waals surface area contributed by atoms with E-state index in [0.717, 1.165) is 0 Å². The summed E-state index contributed by atoms with van der Waals surface area (Å²) in [7, 11) is 0. The van der Waals surface area contributed by atoms with Gasteiger partial charge in [-0.1, -0.05) is 78.9 Å². The first kappa shape index (κ1) is 27.2. The van der Waals surface area contributed by atoms with Gasteiger partial charge in [-0.3, -0.25) is 9.59 Å². The highest BCUT2D eigenvalue weighted by atomic mass is 16.7. The number of carbonyl (C=O) groups excluding carboxylic acids is 3. The maximum Gasteiger partial charge on any atom is 0.338 e. The average Bonchev–Trinajstić information content (AvgIpc) is 2.96. The molecule has 1 heterocycles. The average molecular weight is 521 g/mol. The molecule has 6 atom stereocenters. The summed E-state index contributed by atoms with van der Waals surface area (Å²) in [6.45, 7) is 1.44. The highest BCUT2D eigenvalue weighted by Gasteiger charge is 2.49. The van der Waals surface area contributed by atoms with Crippen molar-refractivity contribution in [2.24, 2.45) is 0 Å². The van der Waals surface area contributed by atoms with Crippen molar-refractivity contribution in [3.05, 3.63) is 107 Å². The van der Waals surface area contributed by atoms with Gasteiger partial charge >= 0.3 is 11.9 Å². The lowest BCUT2D eigenvalue weighted by atomic mass is 9.95. The molecule has 38 heavy (non-hydrogen) atoms. The molecule has 0 amide bonds. The number of hydrogen-bond donors (Lipinski definition) is 3. The van der Waals surface area contributed by atoms with Gasteiger partial charge in [0.15, 0.2) is 11.9 Å². The highest BCUT2D eigenvalue weighted by Crippen LogP contribution is 2.26. The van der Waals surface area contributed by atoms with E-state index in [0.29, 0.717) is 22.3 Å². The van der Waals surface area contributed by atoms with Crippen molar-refractivity contribution < 1.29 is 43.9 Å². The first-order valence-electron chi connectivity index (χ1n) is 12.1. The molecule has 198 valence electrons. The van der Waals surface area contributed by atoms with Crippen LogP contribution in [0.5, 0.6) is 0 Å². The molecule has 3 N–H and O–H groups in total. The first-order chi connectivity index (χ1) is 18.3. The molecule has 0 radical (unpaired) electrons. The van der Waals surface area contributed by atoms with Crippen molar-refractivity contribution in [3.63, 3.8) is 0 Å². The molecule has 3 aromatic carbocycles. The highest BCUT2D eigenvalue weighted by molar-refractivity contribution is 6.09. The Morgan fingerprint density at radius 1 is 0.816 bits per heavy atom. The molecule has 1 aliphatic rings. The molecule has 0 unspecified atom stereocenters. The van der Waals surface area contributed by atoms with Crippen molar-refractivity contribution in [2.45, 2.75) is 50.2 Å². The molecule has 1 saturated heterocycles. The second-order valence-electron chi connectivity index (χ2n) is 8.97. The number of esters is 2. The quantitative estimate of drug-likeness (QED) is 0.301. The fraction of sp³-hybridized carbons (Fsp3) is 0.276. The Labute approximate surface area is 219 Å². The van der Waals surface area contributed by atoms with Crippen LogP contribution < -0.4 is 0 Å². The molecule has 4 rings (SSSR count). The van der Waals surface area contributed by atoms with E-state index in [9.17, 15) is 29.7 Å². The molecular weight excluding hydrogens is 492 g/mol. The van der Waals surface area contributed by atoms with E-state index in [1.54, 1.807) is 91.9 Å². The first-order valence-corrected chi connectivity index (χ1v) is 12.1. The summed E-state index contributed by atoms with van der Waals surface area (Å²) in [6.07, 6.45) is -8.90. The minimum atomic E-state index is -1.84. The molecule has 0 aromatic heterocycles. The van der Waals surface area contributed by atoms with E-state index in [4.69, 9.17) is 14.2 Å². The summed E-state index contributed by atoms with van der Waals surface area (Å²) in [5.41, 5.74) is 2.04. The van der Waals surface area contributed by atoms with Crippen LogP contribution in [0.1, 0.15) is 39.9 Å². The summed E-state index contributed by atoms with van der Waals surface area (Å²) in [5.74, 6) is -2.93. The Bertz CT molecular complexity index is 1260. The molecule has 3 aromatic rings. The number of hydrogen-bond acceptors (Lipinski definition) is 9. The number of ketones is 1. The second-order valence-corrected chi connectivity index (χ2v) is 8.97. The lowest BCUT2D eigenvalue weighted by Crippen LogP contribution is -2.61. The number of carbonyl (C=O) groups is 3. The van der Waals surface area contributed by atoms with E-state index in [1.165, 1.54) is 0 Å². The summed E-state index contributed by atoms with van der Waals surface area (Å²) in [6, 6.07) is 24.0. The summed E-state index contributed by atoms with van der Waals surface area (Å²) in [5, 5.41) is 30.9. The summed E-state index contributed by atoms with van der Waals surface area (Å²) >= 11 is 0. The van der Waals surface area contributed by atoms with Gasteiger partial charge in [0, 0.05) is 11.1 Å². The molecule has 0 spiro atoms. The van der Waals surface area contributed by atoms with Gasteiger partial charge < -0.3 is 29.5 Å². The standard InChI is InChI=1S/C29H28O9/c1-17(20-13-8-14-21(15-20)22(30)19-11-6-3-7-12-19)27(34)38-29-25(33)23(31)24(32)26(37-29)28(35)36-16-18-9-4-2-5-10-18/h2-15,17,23-26,29,31-33H,16H2,1H3/t17-,23+,24+,25+,26-,29+/m1/s1. The van der Waals surface area contributed by atoms with Crippen LogP contribution in [0.2, 0.25) is 0 Å². The normalized spacial score (nSPS) is 23.7. The number of rotatable bonds is 8. The lowest BCUT2D eigenvalue weighted by Gasteiger charge is -2.38. The van der Waals surface area contributed by atoms with Gasteiger partial charge in [-0.25, -0.2) is 4.79 Å². The number of ether oxygens (including phenoxy) is 3. The third-order valence-corrected chi connectivity index (χ3v) is 6.30. The van der Waals surface area contributed by atoms with Crippen molar-refractivity contribution in [1.82, 2.24) is 0 Å². The molecule has 1 aliphatic heterocycles. The Morgan fingerprint density at radius 2 is 1.45 bits per heavy atom. The monoisotopic (exact) mass is 520 g/mol. The number of aliphatic hydroxyl groups is 3. The molecule has 0 bridgehead atoms. The zero-order valence-electron chi connectivity index (χ0n) is 20.5. The number of aliphatic hydroxyl groups excluding tert-OH is 3. The van der Waals surface area contributed by atoms with E-state index >= 15 is 0 Å². The predicted octanol–water partition coefficient (Wildman–Crippen LogP) is 2.12. The van der Waals surface area contributed by atoms with E-state index in [1.807, 2.05) is 0 Å². The van der Waals surface area contributed by atoms with Crippen LogP contribution in [0, 0.1) is 0 Å². The maximum atomic E-state index is 12.9. The minimum Gasteiger partial charge on any atom is -0.459 e. The Kier molecular flexibility index (Phi) is 8.65. The molecule has 1 fully saturated rings. The predicted molar refractivity (Wildman–Crippen MR) is 134 cm³/mol. The van der Waals surface area contributed by atoms with E-state index in [2.05, 4.69) is 0 Å². The smallest absolute Gasteiger partial charge is 0.338 e. The molecule has 9 nitrogen and oxygen atoms in total. The number of benzene rings is 3. The largest absolute Gasteiger partial charge is 0.459 e. The van der Waals surface area contributed by atoms with Gasteiger partial charge in [0.2, 0.25) is 6.29 Å². The van der Waals surface area contributed by atoms with Crippen molar-refractivity contribution in [1.29, 1.82) is 0 Å². The summed E-state index contributed by atoms with van der Waals surface area (Å²) in [4.78, 5) is 38.3. The third kappa shape index (κ3) is 6.15. The van der Waals surface area contributed by atoms with Crippen LogP contribution in [0.25, 0.3) is 0 Å². The molecule has 0 aliphatic carbocycles. The van der Waals surface area contributed by atoms with E-state index < -0.39 is 48.6 Å². The van der Waals surface area contributed by atoms with Crippen molar-refractivity contribution in [3.8, 4) is 0 Å². The minimum absolute atomic E-state index is 0.107. The van der Waals surface area contributed by atoms with Crippen LogP contribution in [0.15, 0.2) is 84.9 Å². The summed E-state index contributed by atoms with van der Waals surface area (Å²) < 4.78 is 15.8. The van der Waals surface area contributed by atoms with Crippen LogP contribution in [0.3, 0.4) is 0 Å². The third-order valence-electron chi connectivity index (χ3n) is 6.30. The van der Waals surface area contributed by atoms with Crippen LogP contribution in [-0.4, -0.2) is 63.7 Å². The Morgan fingerprint density at radius 3 is 2.13 bits per heavy atom. The van der Waals surface area contributed by atoms with Gasteiger partial charge in [-0.15, -0.1) is 0 Å². The fourth-order valence-electron chi connectivity index (χ4n) is 4.01. The van der Waals surface area contributed by atoms with Gasteiger partial charge in [0.25, 0.3) is 0 Å². The second kappa shape index (κ2) is 12.1. The molecular formula is C29H28O9. The van der Waals surface area contributed by atoms with Crippen LogP contribution in [-0.2, 0) is 30.4 Å². The van der Waals surface area contributed by atoms with Gasteiger partial charge in [0.05, 0.1) is 5.92 Å². The topological polar surface area (TPSA) is 140 Å². The van der Waals surface area contributed by atoms with Crippen molar-refractivity contribution >= 4 is 17.7 Å². The maximum absolute atomic E-state index is 12.9.